The average molecular weight is 317 g/mol. The summed E-state index contributed by atoms with van der Waals surface area (Å²) in [6, 6.07) is 0. The largest absolute Gasteiger partial charge is 0.481 e. The quantitative estimate of drug-likeness (QED) is 0.396. The molecule has 128 valence electrons. The van der Waals surface area contributed by atoms with Gasteiger partial charge in [-0.2, -0.15) is 0 Å². The summed E-state index contributed by atoms with van der Waals surface area (Å²) in [7, 11) is 0. The maximum absolute atomic E-state index is 10.6. The Hall–Kier alpha value is -1.63. The van der Waals surface area contributed by atoms with Gasteiger partial charge in [0.25, 0.3) is 0 Å². The van der Waals surface area contributed by atoms with Crippen molar-refractivity contribution in [2.45, 2.75) is 57.8 Å². The molecule has 0 spiro atoms. The summed E-state index contributed by atoms with van der Waals surface area (Å²) in [6.45, 7) is 0.00294. The van der Waals surface area contributed by atoms with Crippen molar-refractivity contribution in [3.05, 3.63) is 0 Å². The van der Waals surface area contributed by atoms with Gasteiger partial charge in [0.05, 0.1) is 13.1 Å². The molecular formula is C15H27NO6. The summed E-state index contributed by atoms with van der Waals surface area (Å²) in [5, 5.41) is 25.9. The van der Waals surface area contributed by atoms with Crippen LogP contribution in [0.25, 0.3) is 0 Å². The Morgan fingerprint density at radius 3 is 1.41 bits per heavy atom. The van der Waals surface area contributed by atoms with E-state index in [0.29, 0.717) is 6.54 Å². The van der Waals surface area contributed by atoms with Crippen LogP contribution >= 0.6 is 0 Å². The number of nitrogens with zero attached hydrogens (tertiary/aromatic N) is 1. The normalized spacial score (nSPS) is 10.8. The van der Waals surface area contributed by atoms with E-state index in [1.807, 2.05) is 0 Å². The molecule has 0 saturated carbocycles. The van der Waals surface area contributed by atoms with Gasteiger partial charge >= 0.3 is 17.9 Å². The molecular weight excluding hydrogens is 290 g/mol. The monoisotopic (exact) mass is 317 g/mol. The first-order valence-electron chi connectivity index (χ1n) is 7.79. The molecule has 0 atom stereocenters. The Morgan fingerprint density at radius 1 is 0.591 bits per heavy atom. The summed E-state index contributed by atoms with van der Waals surface area (Å²) >= 11 is 0. The number of rotatable bonds is 15. The third-order valence-corrected chi connectivity index (χ3v) is 3.33. The molecule has 0 aromatic carbocycles. The van der Waals surface area contributed by atoms with Crippen molar-refractivity contribution in [1.82, 2.24) is 4.90 Å². The third-order valence-electron chi connectivity index (χ3n) is 3.33. The predicted octanol–water partition coefficient (Wildman–Crippen LogP) is 2.05. The molecule has 0 saturated heterocycles. The highest BCUT2D eigenvalue weighted by Crippen LogP contribution is 2.10. The molecule has 0 aromatic rings. The summed E-state index contributed by atoms with van der Waals surface area (Å²) in [5.74, 6) is -2.77. The number of hydrogen-bond acceptors (Lipinski definition) is 4. The first-order valence-corrected chi connectivity index (χ1v) is 7.79. The minimum atomic E-state index is -1.01. The lowest BCUT2D eigenvalue weighted by atomic mass is 10.1. The molecule has 0 fully saturated rings. The fourth-order valence-corrected chi connectivity index (χ4v) is 2.27. The summed E-state index contributed by atoms with van der Waals surface area (Å²) in [5.41, 5.74) is 0. The van der Waals surface area contributed by atoms with E-state index in [1.54, 1.807) is 0 Å². The molecule has 0 heterocycles. The smallest absolute Gasteiger partial charge is 0.317 e. The number of unbranched alkanes of at least 4 members (excludes halogenated alkanes) is 7. The molecule has 22 heavy (non-hydrogen) atoms. The van der Waals surface area contributed by atoms with Gasteiger partial charge in [-0.3, -0.25) is 19.3 Å². The number of aliphatic carboxylic acids is 3. The van der Waals surface area contributed by atoms with E-state index in [-0.39, 0.29) is 19.5 Å². The van der Waals surface area contributed by atoms with Crippen molar-refractivity contribution in [2.75, 3.05) is 19.6 Å². The average Bonchev–Trinajstić information content (AvgIpc) is 2.39. The predicted molar refractivity (Wildman–Crippen MR) is 80.9 cm³/mol. The molecule has 0 radical (unpaired) electrons. The SMILES string of the molecule is O=C(O)CCCCCCCCCCN(CC(=O)O)CC(=O)O. The van der Waals surface area contributed by atoms with Crippen LogP contribution in [0.5, 0.6) is 0 Å². The Labute approximate surface area is 130 Å². The van der Waals surface area contributed by atoms with Crippen LogP contribution in [0.4, 0.5) is 0 Å². The minimum Gasteiger partial charge on any atom is -0.481 e. The molecule has 0 unspecified atom stereocenters. The second-order valence-corrected chi connectivity index (χ2v) is 5.47. The lowest BCUT2D eigenvalue weighted by Crippen LogP contribution is -2.35. The lowest BCUT2D eigenvalue weighted by molar-refractivity contribution is -0.142. The minimum absolute atomic E-state index is 0.239. The van der Waals surface area contributed by atoms with Gasteiger partial charge in [-0.25, -0.2) is 0 Å². The number of carbonyl (C=O) groups is 3. The van der Waals surface area contributed by atoms with E-state index < -0.39 is 17.9 Å². The molecule has 0 rings (SSSR count). The second kappa shape index (κ2) is 13.1. The molecule has 0 amide bonds. The Morgan fingerprint density at radius 2 is 1.00 bits per heavy atom. The van der Waals surface area contributed by atoms with Crippen LogP contribution in [0, 0.1) is 0 Å². The van der Waals surface area contributed by atoms with E-state index in [4.69, 9.17) is 15.3 Å². The fraction of sp³-hybridized carbons (Fsp3) is 0.800. The Kier molecular flexibility index (Phi) is 12.1. The van der Waals surface area contributed by atoms with Gasteiger partial charge in [-0.1, -0.05) is 38.5 Å². The third kappa shape index (κ3) is 14.8. The number of carboxylic acids is 3. The van der Waals surface area contributed by atoms with Crippen LogP contribution in [-0.2, 0) is 14.4 Å². The van der Waals surface area contributed by atoms with Crippen LogP contribution in [-0.4, -0.2) is 57.8 Å². The zero-order valence-electron chi connectivity index (χ0n) is 13.0. The van der Waals surface area contributed by atoms with Gasteiger partial charge in [0.15, 0.2) is 0 Å². The van der Waals surface area contributed by atoms with Crippen molar-refractivity contribution in [3.63, 3.8) is 0 Å². The first-order chi connectivity index (χ1) is 10.4. The summed E-state index contributed by atoms with van der Waals surface area (Å²) < 4.78 is 0. The fourth-order valence-electron chi connectivity index (χ4n) is 2.27. The lowest BCUT2D eigenvalue weighted by Gasteiger charge is -2.17. The highest BCUT2D eigenvalue weighted by atomic mass is 16.4. The van der Waals surface area contributed by atoms with E-state index in [9.17, 15) is 14.4 Å². The standard InChI is InChI=1S/C15H27NO6/c17-13(18)9-7-5-3-1-2-4-6-8-10-16(11-14(19)20)12-15(21)22/h1-12H2,(H,17,18)(H,19,20)(H,21,22). The molecule has 0 aliphatic rings. The topological polar surface area (TPSA) is 115 Å². The van der Waals surface area contributed by atoms with Gasteiger partial charge < -0.3 is 15.3 Å². The maximum Gasteiger partial charge on any atom is 0.317 e. The Bertz CT molecular complexity index is 329. The zero-order chi connectivity index (χ0) is 16.8. The van der Waals surface area contributed by atoms with Crippen LogP contribution in [0.2, 0.25) is 0 Å². The van der Waals surface area contributed by atoms with Gasteiger partial charge in [-0.05, 0) is 19.4 Å². The summed E-state index contributed by atoms with van der Waals surface area (Å²) in [6.07, 6.45) is 7.88. The van der Waals surface area contributed by atoms with Crippen LogP contribution in [0.1, 0.15) is 57.8 Å². The van der Waals surface area contributed by atoms with Crippen LogP contribution < -0.4 is 0 Å². The molecule has 0 aromatic heterocycles. The van der Waals surface area contributed by atoms with Gasteiger partial charge in [0.2, 0.25) is 0 Å². The molecule has 0 bridgehead atoms. The maximum atomic E-state index is 10.6. The van der Waals surface area contributed by atoms with Gasteiger partial charge in [0, 0.05) is 6.42 Å². The highest BCUT2D eigenvalue weighted by Gasteiger charge is 2.12. The highest BCUT2D eigenvalue weighted by molar-refractivity contribution is 5.72. The van der Waals surface area contributed by atoms with E-state index >= 15 is 0 Å². The van der Waals surface area contributed by atoms with E-state index in [1.165, 1.54) is 4.90 Å². The number of hydrogen-bond donors (Lipinski definition) is 3. The van der Waals surface area contributed by atoms with Crippen LogP contribution in [0.15, 0.2) is 0 Å². The number of carboxylic acid groups (broad SMARTS) is 3. The van der Waals surface area contributed by atoms with Crippen molar-refractivity contribution >= 4 is 17.9 Å². The first kappa shape index (κ1) is 20.4. The van der Waals surface area contributed by atoms with Crippen molar-refractivity contribution in [1.29, 1.82) is 0 Å². The second-order valence-electron chi connectivity index (χ2n) is 5.47. The molecule has 7 heteroatoms. The van der Waals surface area contributed by atoms with E-state index in [2.05, 4.69) is 0 Å². The molecule has 7 nitrogen and oxygen atoms in total. The molecule has 3 N–H and O–H groups in total. The van der Waals surface area contributed by atoms with Crippen molar-refractivity contribution < 1.29 is 29.7 Å². The van der Waals surface area contributed by atoms with Crippen LogP contribution in [0.3, 0.4) is 0 Å². The van der Waals surface area contributed by atoms with Gasteiger partial charge in [0.1, 0.15) is 0 Å². The summed E-state index contributed by atoms with van der Waals surface area (Å²) in [4.78, 5) is 33.0. The Balaban J connectivity index is 3.50. The van der Waals surface area contributed by atoms with Crippen molar-refractivity contribution in [2.24, 2.45) is 0 Å². The molecule has 0 aliphatic heterocycles. The zero-order valence-corrected chi connectivity index (χ0v) is 13.0. The van der Waals surface area contributed by atoms with E-state index in [0.717, 1.165) is 51.4 Å². The molecule has 0 aliphatic carbocycles. The van der Waals surface area contributed by atoms with Crippen molar-refractivity contribution in [3.8, 4) is 0 Å². The van der Waals surface area contributed by atoms with Gasteiger partial charge in [-0.15, -0.1) is 0 Å².